The van der Waals surface area contributed by atoms with E-state index < -0.39 is 0 Å². The Kier molecular flexibility index (Phi) is 16.3. The van der Waals surface area contributed by atoms with Crippen molar-refractivity contribution in [3.63, 3.8) is 0 Å². The predicted molar refractivity (Wildman–Crippen MR) is 153 cm³/mol. The van der Waals surface area contributed by atoms with Crippen LogP contribution in [0, 0.1) is 11.8 Å². The lowest BCUT2D eigenvalue weighted by molar-refractivity contribution is 0.248. The minimum absolute atomic E-state index is 0.0293. The number of benzene rings is 1. The molecule has 0 saturated heterocycles. The molecule has 0 N–H and O–H groups in total. The van der Waals surface area contributed by atoms with Crippen LogP contribution < -0.4 is 0 Å². The van der Waals surface area contributed by atoms with E-state index in [1.165, 1.54) is 122 Å². The van der Waals surface area contributed by atoms with E-state index in [2.05, 4.69) is 45.0 Å². The summed E-state index contributed by atoms with van der Waals surface area (Å²) in [5.74, 6) is 2.04. The van der Waals surface area contributed by atoms with Gasteiger partial charge in [-0.1, -0.05) is 154 Å². The van der Waals surface area contributed by atoms with Gasteiger partial charge in [0.05, 0.1) is 0 Å². The molecule has 1 aliphatic rings. The molecule has 1 aliphatic carbocycles. The van der Waals surface area contributed by atoms with E-state index >= 15 is 0 Å². The second-order valence-electron chi connectivity index (χ2n) is 11.4. The molecule has 1 heteroatoms. The van der Waals surface area contributed by atoms with Crippen LogP contribution in [0.5, 0.6) is 0 Å². The van der Waals surface area contributed by atoms with E-state index in [1.807, 2.05) is 0 Å². The Labute approximate surface area is 210 Å². The fourth-order valence-electron chi connectivity index (χ4n) is 6.10. The van der Waals surface area contributed by atoms with Crippen molar-refractivity contribution in [3.8, 4) is 0 Å². The summed E-state index contributed by atoms with van der Waals surface area (Å²) in [6.07, 6.45) is 27.5. The quantitative estimate of drug-likeness (QED) is 0.139. The smallest absolute Gasteiger partial charge is 0.0287 e. The van der Waals surface area contributed by atoms with Crippen LogP contribution in [-0.4, -0.2) is 9.52 Å². The highest BCUT2D eigenvalue weighted by Crippen LogP contribution is 2.34. The van der Waals surface area contributed by atoms with Gasteiger partial charge in [0.25, 0.3) is 0 Å². The number of hydrogen-bond donors (Lipinski definition) is 0. The Hall–Kier alpha value is -0.563. The van der Waals surface area contributed by atoms with E-state index in [1.54, 1.807) is 17.2 Å². The Balaban J connectivity index is 1.65. The van der Waals surface area contributed by atoms with Gasteiger partial charge in [0.1, 0.15) is 0 Å². The zero-order chi connectivity index (χ0) is 23.6. The maximum absolute atomic E-state index is 2.51. The van der Waals surface area contributed by atoms with Crippen LogP contribution in [-0.2, 0) is 6.42 Å². The molecule has 0 bridgehead atoms. The molecule has 0 radical (unpaired) electrons. The highest BCUT2D eigenvalue weighted by molar-refractivity contribution is 6.37. The topological polar surface area (TPSA) is 0 Å². The molecule has 33 heavy (non-hydrogen) atoms. The molecule has 1 fully saturated rings. The third-order valence-electron chi connectivity index (χ3n) is 8.54. The SMILES string of the molecule is CCCCCCCC[C@H]1CC[C@H](CCc2ccc(C(CCCC)[SiH2]CCCCC)cc2)CC1. The molecule has 1 saturated carbocycles. The summed E-state index contributed by atoms with van der Waals surface area (Å²) in [5, 5.41) is 0. The molecule has 0 nitrogen and oxygen atoms in total. The molecule has 0 amide bonds. The van der Waals surface area contributed by atoms with Crippen LogP contribution in [0.1, 0.15) is 153 Å². The first-order chi connectivity index (χ1) is 16.3. The Bertz CT molecular complexity index is 554. The highest BCUT2D eigenvalue weighted by atomic mass is 28.2. The summed E-state index contributed by atoms with van der Waals surface area (Å²) >= 11 is 0. The lowest BCUT2D eigenvalue weighted by Crippen LogP contribution is -2.15. The fraction of sp³-hybridized carbons (Fsp3) is 0.812. The fourth-order valence-corrected chi connectivity index (χ4v) is 8.41. The van der Waals surface area contributed by atoms with E-state index in [0.717, 1.165) is 17.4 Å². The van der Waals surface area contributed by atoms with Gasteiger partial charge in [-0.3, -0.25) is 0 Å². The number of rotatable bonds is 19. The van der Waals surface area contributed by atoms with Gasteiger partial charge in [-0.05, 0) is 47.8 Å². The summed E-state index contributed by atoms with van der Waals surface area (Å²) < 4.78 is 0. The van der Waals surface area contributed by atoms with Gasteiger partial charge in [0, 0.05) is 9.52 Å². The van der Waals surface area contributed by atoms with Crippen LogP contribution >= 0.6 is 0 Å². The second-order valence-corrected chi connectivity index (χ2v) is 13.7. The van der Waals surface area contributed by atoms with Crippen molar-refractivity contribution in [2.45, 2.75) is 154 Å². The van der Waals surface area contributed by atoms with E-state index in [9.17, 15) is 0 Å². The molecule has 1 atom stereocenters. The first-order valence-corrected chi connectivity index (χ1v) is 17.2. The first-order valence-electron chi connectivity index (χ1n) is 15.4. The van der Waals surface area contributed by atoms with Crippen molar-refractivity contribution in [1.29, 1.82) is 0 Å². The lowest BCUT2D eigenvalue weighted by atomic mass is 9.77. The number of unbranched alkanes of at least 4 members (excludes halogenated alkanes) is 8. The minimum atomic E-state index is 0.0293. The van der Waals surface area contributed by atoms with Crippen LogP contribution in [0.15, 0.2) is 24.3 Å². The molecular formula is C32H58Si. The molecular weight excluding hydrogens is 412 g/mol. The summed E-state index contributed by atoms with van der Waals surface area (Å²) in [6.45, 7) is 6.99. The van der Waals surface area contributed by atoms with Gasteiger partial charge < -0.3 is 0 Å². The maximum Gasteiger partial charge on any atom is 0.0287 e. The number of hydrogen-bond acceptors (Lipinski definition) is 0. The Morgan fingerprint density at radius 3 is 1.91 bits per heavy atom. The number of aryl methyl sites for hydroxylation is 1. The minimum Gasteiger partial charge on any atom is -0.0654 e. The van der Waals surface area contributed by atoms with E-state index in [0.29, 0.717) is 0 Å². The van der Waals surface area contributed by atoms with Crippen molar-refractivity contribution in [2.24, 2.45) is 11.8 Å². The Morgan fingerprint density at radius 1 is 0.667 bits per heavy atom. The van der Waals surface area contributed by atoms with Crippen molar-refractivity contribution < 1.29 is 0 Å². The molecule has 190 valence electrons. The highest BCUT2D eigenvalue weighted by Gasteiger charge is 2.20. The average molecular weight is 471 g/mol. The largest absolute Gasteiger partial charge is 0.0654 e. The van der Waals surface area contributed by atoms with E-state index in [-0.39, 0.29) is 9.52 Å². The molecule has 1 aromatic carbocycles. The Morgan fingerprint density at radius 2 is 1.24 bits per heavy atom. The predicted octanol–water partition coefficient (Wildman–Crippen LogP) is 10.2. The van der Waals surface area contributed by atoms with Crippen molar-refractivity contribution in [2.75, 3.05) is 0 Å². The summed E-state index contributed by atoms with van der Waals surface area (Å²) in [7, 11) is 0.0293. The first kappa shape index (κ1) is 28.7. The standard InChI is InChI=1S/C32H58Si/c1-4-7-10-11-12-13-15-28-17-19-29(20-18-28)21-22-30-23-25-31(26-24-30)32(16-9-6-3)33-27-14-8-5-2/h23-26,28-29,32H,4-22,27,33H2,1-3H3/t28-,29-,32?. The van der Waals surface area contributed by atoms with Crippen LogP contribution in [0.4, 0.5) is 0 Å². The zero-order valence-corrected chi connectivity index (χ0v) is 24.3. The zero-order valence-electron chi connectivity index (χ0n) is 22.9. The van der Waals surface area contributed by atoms with Gasteiger partial charge in [-0.2, -0.15) is 0 Å². The summed E-state index contributed by atoms with van der Waals surface area (Å²) in [6, 6.07) is 11.5. The average Bonchev–Trinajstić information content (AvgIpc) is 2.85. The van der Waals surface area contributed by atoms with Crippen molar-refractivity contribution in [3.05, 3.63) is 35.4 Å². The van der Waals surface area contributed by atoms with Crippen molar-refractivity contribution in [1.82, 2.24) is 0 Å². The lowest BCUT2D eigenvalue weighted by Gasteiger charge is -2.28. The molecule has 2 rings (SSSR count). The summed E-state index contributed by atoms with van der Waals surface area (Å²) in [4.78, 5) is 0. The van der Waals surface area contributed by atoms with Crippen LogP contribution in [0.2, 0.25) is 6.04 Å². The normalized spacial score (nSPS) is 20.0. The third-order valence-corrected chi connectivity index (χ3v) is 11.0. The molecule has 0 aliphatic heterocycles. The maximum atomic E-state index is 2.51. The summed E-state index contributed by atoms with van der Waals surface area (Å²) in [5.41, 5.74) is 4.19. The van der Waals surface area contributed by atoms with Crippen LogP contribution in [0.25, 0.3) is 0 Å². The van der Waals surface area contributed by atoms with E-state index in [4.69, 9.17) is 0 Å². The van der Waals surface area contributed by atoms with Gasteiger partial charge in [0.2, 0.25) is 0 Å². The molecule has 1 aromatic rings. The van der Waals surface area contributed by atoms with Gasteiger partial charge in [0.15, 0.2) is 0 Å². The van der Waals surface area contributed by atoms with Crippen LogP contribution in [0.3, 0.4) is 0 Å². The van der Waals surface area contributed by atoms with Gasteiger partial charge in [-0.15, -0.1) is 0 Å². The second kappa shape index (κ2) is 18.7. The van der Waals surface area contributed by atoms with Crippen molar-refractivity contribution >= 4 is 9.52 Å². The monoisotopic (exact) mass is 470 g/mol. The molecule has 0 aromatic heterocycles. The molecule has 1 unspecified atom stereocenters. The molecule has 0 spiro atoms. The third kappa shape index (κ3) is 12.6. The van der Waals surface area contributed by atoms with Gasteiger partial charge in [-0.25, -0.2) is 0 Å². The van der Waals surface area contributed by atoms with Gasteiger partial charge >= 0.3 is 0 Å². The molecule has 0 heterocycles.